The molecule has 0 aliphatic heterocycles. The monoisotopic (exact) mass is 286 g/mol. The maximum Gasteiger partial charge on any atom is 0.250 e. The van der Waals surface area contributed by atoms with Crippen LogP contribution in [0.15, 0.2) is 47.4 Å². The van der Waals surface area contributed by atoms with Gasteiger partial charge in [0.15, 0.2) is 0 Å². The van der Waals surface area contributed by atoms with Gasteiger partial charge in [0.1, 0.15) is 18.2 Å². The first-order valence-electron chi connectivity index (χ1n) is 6.47. The molecule has 108 valence electrons. The Hall–Kier alpha value is -2.58. The summed E-state index contributed by atoms with van der Waals surface area (Å²) >= 11 is 0. The van der Waals surface area contributed by atoms with E-state index in [1.165, 1.54) is 22.8 Å². The second-order valence-electron chi connectivity index (χ2n) is 4.23. The molecule has 4 nitrogen and oxygen atoms in total. The zero-order chi connectivity index (χ0) is 15.1. The molecule has 1 aromatic heterocycles. The smallest absolute Gasteiger partial charge is 0.250 e. The van der Waals surface area contributed by atoms with Gasteiger partial charge in [0.05, 0.1) is 18.7 Å². The molecule has 2 aromatic rings. The van der Waals surface area contributed by atoms with Crippen molar-refractivity contribution in [3.8, 4) is 17.6 Å². The largest absolute Gasteiger partial charge is 0.490 e. The highest BCUT2D eigenvalue weighted by Gasteiger charge is 2.04. The number of hydrogen-bond acceptors (Lipinski definition) is 3. The normalized spacial score (nSPS) is 9.81. The van der Waals surface area contributed by atoms with E-state index in [0.29, 0.717) is 17.9 Å². The topological polar surface area (TPSA) is 57.2 Å². The lowest BCUT2D eigenvalue weighted by molar-refractivity contribution is 0.294. The second kappa shape index (κ2) is 7.27. The average molecular weight is 286 g/mol. The van der Waals surface area contributed by atoms with Crippen LogP contribution in [-0.2, 0) is 6.54 Å². The lowest BCUT2D eigenvalue weighted by atomic mass is 10.2. The fraction of sp³-hybridized carbons (Fsp3) is 0.188. The number of pyridine rings is 1. The molecule has 0 radical (unpaired) electrons. The van der Waals surface area contributed by atoms with Crippen molar-refractivity contribution in [1.29, 1.82) is 0 Å². The Labute approximate surface area is 122 Å². The van der Waals surface area contributed by atoms with Gasteiger partial charge in [0, 0.05) is 18.3 Å². The summed E-state index contributed by atoms with van der Waals surface area (Å²) in [5.41, 5.74) is 5.79. The predicted molar refractivity (Wildman–Crippen MR) is 78.5 cm³/mol. The average Bonchev–Trinajstić information content (AvgIpc) is 2.48. The van der Waals surface area contributed by atoms with Gasteiger partial charge in [0.2, 0.25) is 0 Å². The first-order valence-corrected chi connectivity index (χ1v) is 6.47. The van der Waals surface area contributed by atoms with Gasteiger partial charge in [-0.1, -0.05) is 17.9 Å². The molecule has 1 heterocycles. The van der Waals surface area contributed by atoms with E-state index in [-0.39, 0.29) is 18.7 Å². The summed E-state index contributed by atoms with van der Waals surface area (Å²) in [7, 11) is 0. The molecular weight excluding hydrogens is 271 g/mol. The van der Waals surface area contributed by atoms with Gasteiger partial charge in [-0.05, 0) is 18.2 Å². The molecule has 5 heteroatoms. The van der Waals surface area contributed by atoms with Crippen LogP contribution in [0.2, 0.25) is 0 Å². The van der Waals surface area contributed by atoms with E-state index in [4.69, 9.17) is 10.5 Å². The SMILES string of the molecule is NCC#Cc1ccc(F)cc1OCCn1ccccc1=O. The number of hydrogen-bond donors (Lipinski definition) is 1. The van der Waals surface area contributed by atoms with E-state index in [0.717, 1.165) is 0 Å². The minimum Gasteiger partial charge on any atom is -0.490 e. The first kappa shape index (κ1) is 14.8. The highest BCUT2D eigenvalue weighted by Crippen LogP contribution is 2.19. The minimum atomic E-state index is -0.403. The number of benzene rings is 1. The molecule has 0 saturated carbocycles. The van der Waals surface area contributed by atoms with Crippen molar-refractivity contribution in [3.63, 3.8) is 0 Å². The summed E-state index contributed by atoms with van der Waals surface area (Å²) in [6.45, 7) is 0.834. The first-order chi connectivity index (χ1) is 10.2. The molecule has 2 rings (SSSR count). The van der Waals surface area contributed by atoms with Gasteiger partial charge >= 0.3 is 0 Å². The van der Waals surface area contributed by atoms with E-state index >= 15 is 0 Å². The van der Waals surface area contributed by atoms with E-state index < -0.39 is 5.82 Å². The highest BCUT2D eigenvalue weighted by molar-refractivity contribution is 5.46. The number of ether oxygens (including phenoxy) is 1. The van der Waals surface area contributed by atoms with Crippen LogP contribution < -0.4 is 16.0 Å². The summed E-state index contributed by atoms with van der Waals surface area (Å²) in [6, 6.07) is 9.04. The summed E-state index contributed by atoms with van der Waals surface area (Å²) in [5.74, 6) is 5.47. The Kier molecular flexibility index (Phi) is 5.13. The van der Waals surface area contributed by atoms with Crippen LogP contribution in [-0.4, -0.2) is 17.7 Å². The Morgan fingerprint density at radius 1 is 1.29 bits per heavy atom. The van der Waals surface area contributed by atoms with Crippen LogP contribution >= 0.6 is 0 Å². The van der Waals surface area contributed by atoms with Gasteiger partial charge in [-0.2, -0.15) is 0 Å². The maximum absolute atomic E-state index is 13.3. The van der Waals surface area contributed by atoms with E-state index in [9.17, 15) is 9.18 Å². The molecule has 0 aliphatic rings. The molecule has 1 aromatic carbocycles. The molecule has 21 heavy (non-hydrogen) atoms. The number of nitrogens with two attached hydrogens (primary N) is 1. The Morgan fingerprint density at radius 2 is 2.14 bits per heavy atom. The molecule has 0 bridgehead atoms. The van der Waals surface area contributed by atoms with Crippen LogP contribution in [0.5, 0.6) is 5.75 Å². The van der Waals surface area contributed by atoms with Crippen LogP contribution in [0.4, 0.5) is 4.39 Å². The van der Waals surface area contributed by atoms with Crippen molar-refractivity contribution in [1.82, 2.24) is 4.57 Å². The van der Waals surface area contributed by atoms with Crippen molar-refractivity contribution in [3.05, 3.63) is 64.3 Å². The molecule has 0 aliphatic carbocycles. The van der Waals surface area contributed by atoms with Crippen molar-refractivity contribution < 1.29 is 9.13 Å². The van der Waals surface area contributed by atoms with Crippen molar-refractivity contribution in [2.24, 2.45) is 5.73 Å². The molecule has 2 N–H and O–H groups in total. The van der Waals surface area contributed by atoms with Crippen LogP contribution in [0.3, 0.4) is 0 Å². The third-order valence-electron chi connectivity index (χ3n) is 2.76. The third kappa shape index (κ3) is 4.20. The maximum atomic E-state index is 13.3. The lowest BCUT2D eigenvalue weighted by Gasteiger charge is -2.09. The fourth-order valence-electron chi connectivity index (χ4n) is 1.76. The predicted octanol–water partition coefficient (Wildman–Crippen LogP) is 1.38. The van der Waals surface area contributed by atoms with E-state index in [2.05, 4.69) is 11.8 Å². The van der Waals surface area contributed by atoms with Crippen molar-refractivity contribution >= 4 is 0 Å². The Bertz CT molecular complexity index is 729. The Morgan fingerprint density at radius 3 is 2.90 bits per heavy atom. The molecular formula is C16H15FN2O2. The summed E-state index contributed by atoms with van der Waals surface area (Å²) < 4.78 is 20.3. The quantitative estimate of drug-likeness (QED) is 0.864. The van der Waals surface area contributed by atoms with Crippen LogP contribution in [0.25, 0.3) is 0 Å². The fourth-order valence-corrected chi connectivity index (χ4v) is 1.76. The van der Waals surface area contributed by atoms with Crippen LogP contribution in [0, 0.1) is 17.7 Å². The molecule has 0 atom stereocenters. The minimum absolute atomic E-state index is 0.108. The number of rotatable bonds is 4. The summed E-state index contributed by atoms with van der Waals surface area (Å²) in [5, 5.41) is 0. The number of nitrogens with zero attached hydrogens (tertiary/aromatic N) is 1. The molecule has 0 amide bonds. The molecule has 0 saturated heterocycles. The van der Waals surface area contributed by atoms with Gasteiger partial charge in [-0.25, -0.2) is 4.39 Å². The van der Waals surface area contributed by atoms with Crippen LogP contribution in [0.1, 0.15) is 5.56 Å². The summed E-state index contributed by atoms with van der Waals surface area (Å²) in [6.07, 6.45) is 1.67. The van der Waals surface area contributed by atoms with Gasteiger partial charge in [-0.3, -0.25) is 4.79 Å². The van der Waals surface area contributed by atoms with Crippen molar-refractivity contribution in [2.45, 2.75) is 6.54 Å². The number of aromatic nitrogens is 1. The molecule has 0 fully saturated rings. The zero-order valence-electron chi connectivity index (χ0n) is 11.4. The zero-order valence-corrected chi connectivity index (χ0v) is 11.4. The highest BCUT2D eigenvalue weighted by atomic mass is 19.1. The third-order valence-corrected chi connectivity index (χ3v) is 2.76. The van der Waals surface area contributed by atoms with E-state index in [1.807, 2.05) is 0 Å². The molecule has 0 spiro atoms. The van der Waals surface area contributed by atoms with Gasteiger partial charge in [-0.15, -0.1) is 0 Å². The summed E-state index contributed by atoms with van der Waals surface area (Å²) in [4.78, 5) is 11.5. The van der Waals surface area contributed by atoms with Crippen molar-refractivity contribution in [2.75, 3.05) is 13.2 Å². The molecule has 0 unspecified atom stereocenters. The Balaban J connectivity index is 2.07. The van der Waals surface area contributed by atoms with Gasteiger partial charge < -0.3 is 15.0 Å². The second-order valence-corrected chi connectivity index (χ2v) is 4.23. The standard InChI is InChI=1S/C16H15FN2O2/c17-14-7-6-13(4-3-8-18)15(12-14)21-11-10-19-9-2-1-5-16(19)20/h1-2,5-7,9,12H,8,10-11,18H2. The number of halogens is 1. The lowest BCUT2D eigenvalue weighted by Crippen LogP contribution is -2.21. The van der Waals surface area contributed by atoms with E-state index in [1.54, 1.807) is 24.4 Å². The van der Waals surface area contributed by atoms with Gasteiger partial charge in [0.25, 0.3) is 5.56 Å².